The standard InChI is InChI=1S/C13H29N3/c14-9-4-5-10-15-11-6-12-16-13-7-2-1-3-8-13/h13,15-16H,1-12,14H2. The maximum Gasteiger partial charge on any atom is 0.00670 e. The first kappa shape index (κ1) is 13.9. The van der Waals surface area contributed by atoms with E-state index in [-0.39, 0.29) is 0 Å². The molecule has 0 saturated heterocycles. The van der Waals surface area contributed by atoms with E-state index in [4.69, 9.17) is 5.73 Å². The molecule has 0 heterocycles. The van der Waals surface area contributed by atoms with Crippen molar-refractivity contribution in [3.05, 3.63) is 0 Å². The maximum atomic E-state index is 5.44. The van der Waals surface area contributed by atoms with Gasteiger partial charge in [-0.05, 0) is 58.3 Å². The lowest BCUT2D eigenvalue weighted by atomic mass is 9.95. The molecular formula is C13H29N3. The fraction of sp³-hybridized carbons (Fsp3) is 1.00. The van der Waals surface area contributed by atoms with Gasteiger partial charge in [0.1, 0.15) is 0 Å². The first-order valence-corrected chi connectivity index (χ1v) is 7.07. The van der Waals surface area contributed by atoms with Crippen molar-refractivity contribution in [1.29, 1.82) is 0 Å². The highest BCUT2D eigenvalue weighted by atomic mass is 14.9. The fourth-order valence-corrected chi connectivity index (χ4v) is 2.35. The quantitative estimate of drug-likeness (QED) is 0.525. The Morgan fingerprint density at radius 3 is 2.38 bits per heavy atom. The molecule has 0 aromatic rings. The Morgan fingerprint density at radius 2 is 1.62 bits per heavy atom. The zero-order chi connectivity index (χ0) is 11.5. The predicted octanol–water partition coefficient (Wildman–Crippen LogP) is 1.63. The van der Waals surface area contributed by atoms with Gasteiger partial charge in [-0.25, -0.2) is 0 Å². The molecule has 0 radical (unpaired) electrons. The minimum absolute atomic E-state index is 0.811. The van der Waals surface area contributed by atoms with Gasteiger partial charge in [0.05, 0.1) is 0 Å². The van der Waals surface area contributed by atoms with Crippen molar-refractivity contribution in [1.82, 2.24) is 10.6 Å². The minimum atomic E-state index is 0.811. The molecule has 1 aliphatic carbocycles. The molecule has 1 aliphatic rings. The second-order valence-electron chi connectivity index (χ2n) is 4.89. The van der Waals surface area contributed by atoms with Crippen molar-refractivity contribution in [3.8, 4) is 0 Å². The van der Waals surface area contributed by atoms with Crippen LogP contribution in [0.2, 0.25) is 0 Å². The summed E-state index contributed by atoms with van der Waals surface area (Å²) in [4.78, 5) is 0. The first-order valence-electron chi connectivity index (χ1n) is 7.07. The van der Waals surface area contributed by atoms with Crippen LogP contribution in [0.5, 0.6) is 0 Å². The van der Waals surface area contributed by atoms with Crippen molar-refractivity contribution in [2.24, 2.45) is 5.73 Å². The van der Waals surface area contributed by atoms with E-state index < -0.39 is 0 Å². The molecule has 1 fully saturated rings. The average Bonchev–Trinajstić information content (AvgIpc) is 2.34. The van der Waals surface area contributed by atoms with Crippen LogP contribution in [0.15, 0.2) is 0 Å². The van der Waals surface area contributed by atoms with Gasteiger partial charge >= 0.3 is 0 Å². The van der Waals surface area contributed by atoms with Crippen LogP contribution in [-0.4, -0.2) is 32.2 Å². The summed E-state index contributed by atoms with van der Waals surface area (Å²) in [6.07, 6.45) is 10.7. The Kier molecular flexibility index (Phi) is 8.77. The summed E-state index contributed by atoms with van der Waals surface area (Å²) in [5, 5.41) is 7.13. The van der Waals surface area contributed by atoms with Gasteiger partial charge in [0.25, 0.3) is 0 Å². The van der Waals surface area contributed by atoms with Gasteiger partial charge in [-0.3, -0.25) is 0 Å². The van der Waals surface area contributed by atoms with E-state index in [0.717, 1.165) is 32.1 Å². The van der Waals surface area contributed by atoms with Gasteiger partial charge in [0, 0.05) is 6.04 Å². The zero-order valence-electron chi connectivity index (χ0n) is 10.6. The Bertz CT molecular complexity index is 144. The average molecular weight is 227 g/mol. The summed E-state index contributed by atoms with van der Waals surface area (Å²) in [5.74, 6) is 0. The van der Waals surface area contributed by atoms with Gasteiger partial charge < -0.3 is 16.4 Å². The van der Waals surface area contributed by atoms with Crippen molar-refractivity contribution in [2.45, 2.75) is 57.4 Å². The number of nitrogens with two attached hydrogens (primary N) is 1. The van der Waals surface area contributed by atoms with Crippen molar-refractivity contribution in [3.63, 3.8) is 0 Å². The van der Waals surface area contributed by atoms with Crippen LogP contribution in [-0.2, 0) is 0 Å². The summed E-state index contributed by atoms with van der Waals surface area (Å²) in [6.45, 7) is 4.27. The number of nitrogens with one attached hydrogen (secondary N) is 2. The van der Waals surface area contributed by atoms with Crippen LogP contribution in [0.1, 0.15) is 51.4 Å². The molecule has 0 bridgehead atoms. The van der Waals surface area contributed by atoms with E-state index in [1.54, 1.807) is 0 Å². The van der Waals surface area contributed by atoms with Crippen LogP contribution in [0, 0.1) is 0 Å². The van der Waals surface area contributed by atoms with Crippen molar-refractivity contribution in [2.75, 3.05) is 26.2 Å². The molecule has 4 N–H and O–H groups in total. The molecule has 0 aliphatic heterocycles. The smallest absolute Gasteiger partial charge is 0.00670 e. The lowest BCUT2D eigenvalue weighted by Crippen LogP contribution is -2.33. The third-order valence-electron chi connectivity index (χ3n) is 3.38. The SMILES string of the molecule is NCCCCNCCCNC1CCCCC1. The topological polar surface area (TPSA) is 50.1 Å². The predicted molar refractivity (Wildman–Crippen MR) is 70.7 cm³/mol. The number of hydrogen-bond acceptors (Lipinski definition) is 3. The van der Waals surface area contributed by atoms with E-state index in [0.29, 0.717) is 0 Å². The molecular weight excluding hydrogens is 198 g/mol. The molecule has 0 amide bonds. The van der Waals surface area contributed by atoms with E-state index >= 15 is 0 Å². The third-order valence-corrected chi connectivity index (χ3v) is 3.38. The van der Waals surface area contributed by atoms with E-state index in [9.17, 15) is 0 Å². The second-order valence-corrected chi connectivity index (χ2v) is 4.89. The van der Waals surface area contributed by atoms with Crippen LogP contribution in [0.3, 0.4) is 0 Å². The van der Waals surface area contributed by atoms with Crippen LogP contribution < -0.4 is 16.4 Å². The van der Waals surface area contributed by atoms with Gasteiger partial charge in [-0.1, -0.05) is 19.3 Å². The lowest BCUT2D eigenvalue weighted by Gasteiger charge is -2.22. The Balaban J connectivity index is 1.77. The van der Waals surface area contributed by atoms with Crippen LogP contribution in [0.4, 0.5) is 0 Å². The molecule has 0 spiro atoms. The molecule has 3 nitrogen and oxygen atoms in total. The molecule has 1 rings (SSSR count). The summed E-state index contributed by atoms with van der Waals surface area (Å²) in [7, 11) is 0. The molecule has 0 aromatic carbocycles. The zero-order valence-corrected chi connectivity index (χ0v) is 10.6. The van der Waals surface area contributed by atoms with Crippen molar-refractivity contribution >= 4 is 0 Å². The molecule has 96 valence electrons. The van der Waals surface area contributed by atoms with Gasteiger partial charge in [0.2, 0.25) is 0 Å². The minimum Gasteiger partial charge on any atom is -0.330 e. The monoisotopic (exact) mass is 227 g/mol. The van der Waals surface area contributed by atoms with Gasteiger partial charge in [0.15, 0.2) is 0 Å². The van der Waals surface area contributed by atoms with E-state index in [2.05, 4.69) is 10.6 Å². The highest BCUT2D eigenvalue weighted by Gasteiger charge is 2.11. The van der Waals surface area contributed by atoms with E-state index in [1.807, 2.05) is 0 Å². The summed E-state index contributed by atoms with van der Waals surface area (Å²) < 4.78 is 0. The van der Waals surface area contributed by atoms with Gasteiger partial charge in [-0.2, -0.15) is 0 Å². The summed E-state index contributed by atoms with van der Waals surface area (Å²) >= 11 is 0. The third kappa shape index (κ3) is 7.20. The van der Waals surface area contributed by atoms with E-state index in [1.165, 1.54) is 51.5 Å². The number of unbranched alkanes of at least 4 members (excludes halogenated alkanes) is 1. The van der Waals surface area contributed by atoms with Crippen LogP contribution >= 0.6 is 0 Å². The molecule has 3 heteroatoms. The summed E-state index contributed by atoms with van der Waals surface area (Å²) in [5.41, 5.74) is 5.44. The second kappa shape index (κ2) is 10.1. The van der Waals surface area contributed by atoms with Crippen molar-refractivity contribution < 1.29 is 0 Å². The number of rotatable bonds is 9. The largest absolute Gasteiger partial charge is 0.330 e. The highest BCUT2D eigenvalue weighted by molar-refractivity contribution is 4.71. The molecule has 1 saturated carbocycles. The Morgan fingerprint density at radius 1 is 0.875 bits per heavy atom. The molecule has 16 heavy (non-hydrogen) atoms. The maximum absolute atomic E-state index is 5.44. The normalized spacial score (nSPS) is 17.8. The molecule has 0 unspecified atom stereocenters. The van der Waals surface area contributed by atoms with Gasteiger partial charge in [-0.15, -0.1) is 0 Å². The first-order chi connectivity index (χ1) is 7.93. The number of hydrogen-bond donors (Lipinski definition) is 3. The fourth-order valence-electron chi connectivity index (χ4n) is 2.35. The molecule has 0 aromatic heterocycles. The van der Waals surface area contributed by atoms with Crippen LogP contribution in [0.25, 0.3) is 0 Å². The summed E-state index contributed by atoms with van der Waals surface area (Å²) in [6, 6.07) is 0.811. The molecule has 0 atom stereocenters. The highest BCUT2D eigenvalue weighted by Crippen LogP contribution is 2.16. The Labute approximate surface area is 101 Å². The Hall–Kier alpha value is -0.120. The lowest BCUT2D eigenvalue weighted by molar-refractivity contribution is 0.371.